The van der Waals surface area contributed by atoms with E-state index in [9.17, 15) is 18.0 Å². The third-order valence-electron chi connectivity index (χ3n) is 4.79. The molecule has 2 aliphatic heterocycles. The highest BCUT2D eigenvalue weighted by atomic mass is 32.2. The number of methoxy groups -OCH3 is 1. The minimum Gasteiger partial charge on any atom is -0.496 e. The number of nitrogens with one attached hydrogen (secondary N) is 3. The van der Waals surface area contributed by atoms with Crippen molar-refractivity contribution in [3.8, 4) is 11.5 Å². The first-order valence-electron chi connectivity index (χ1n) is 8.76. The molecule has 10 heteroatoms. The summed E-state index contributed by atoms with van der Waals surface area (Å²) < 4.78 is 33.0. The van der Waals surface area contributed by atoms with Crippen LogP contribution in [-0.2, 0) is 19.7 Å². The van der Waals surface area contributed by atoms with Gasteiger partial charge < -0.3 is 24.9 Å². The number of fused-ring (bicyclic) bond motifs is 2. The molecule has 4 rings (SSSR count). The fourth-order valence-electron chi connectivity index (χ4n) is 3.61. The molecular weight excluding hydrogens is 398 g/mol. The molecule has 0 bridgehead atoms. The molecule has 2 aromatic carbocycles. The van der Waals surface area contributed by atoms with Crippen LogP contribution in [0.25, 0.3) is 0 Å². The maximum atomic E-state index is 12.1. The highest BCUT2D eigenvalue weighted by molar-refractivity contribution is 7.86. The number of carbonyl (C=O) groups is 2. The molecule has 9 nitrogen and oxygen atoms in total. The van der Waals surface area contributed by atoms with Gasteiger partial charge in [-0.3, -0.25) is 9.59 Å². The smallest absolute Gasteiger partial charge is 0.306 e. The summed E-state index contributed by atoms with van der Waals surface area (Å²) in [6.45, 7) is 1.39. The van der Waals surface area contributed by atoms with E-state index in [1.54, 1.807) is 18.2 Å². The lowest BCUT2D eigenvalue weighted by Gasteiger charge is -2.17. The van der Waals surface area contributed by atoms with Gasteiger partial charge in [0, 0.05) is 17.3 Å². The zero-order valence-electron chi connectivity index (χ0n) is 15.9. The Bertz CT molecular complexity index is 1140. The predicted molar refractivity (Wildman–Crippen MR) is 107 cm³/mol. The molecule has 2 aromatic rings. The maximum Gasteiger partial charge on any atom is 0.306 e. The maximum absolute atomic E-state index is 12.1. The minimum absolute atomic E-state index is 0.148. The molecule has 1 amide bonds. The lowest BCUT2D eigenvalue weighted by atomic mass is 9.96. The van der Waals surface area contributed by atoms with Crippen molar-refractivity contribution in [1.29, 1.82) is 0 Å². The van der Waals surface area contributed by atoms with Gasteiger partial charge in [-0.25, -0.2) is 0 Å². The second kappa shape index (κ2) is 6.66. The topological polar surface area (TPSA) is 123 Å². The molecule has 2 aliphatic rings. The summed E-state index contributed by atoms with van der Waals surface area (Å²) in [6.07, 6.45) is 0.609. The van der Waals surface area contributed by atoms with Gasteiger partial charge in [0.1, 0.15) is 29.4 Å². The largest absolute Gasteiger partial charge is 0.496 e. The molecule has 2 heterocycles. The van der Waals surface area contributed by atoms with Crippen LogP contribution in [0.15, 0.2) is 30.3 Å². The van der Waals surface area contributed by atoms with Crippen LogP contribution >= 0.6 is 0 Å². The molecule has 29 heavy (non-hydrogen) atoms. The minimum atomic E-state index is -3.65. The van der Waals surface area contributed by atoms with E-state index in [2.05, 4.69) is 16.0 Å². The normalized spacial score (nSPS) is 19.5. The number of amides is 1. The highest BCUT2D eigenvalue weighted by Gasteiger charge is 2.36. The van der Waals surface area contributed by atoms with Gasteiger partial charge in [0.25, 0.3) is 0 Å². The molecule has 0 fully saturated rings. The Morgan fingerprint density at radius 2 is 1.72 bits per heavy atom. The Hall–Kier alpha value is -3.27. The highest BCUT2D eigenvalue weighted by Crippen LogP contribution is 2.45. The van der Waals surface area contributed by atoms with Crippen LogP contribution < -0.4 is 24.9 Å². The number of ketones is 1. The standard InChI is InChI=1S/C19H19N3O6S/c1-9(23)17-12-7-14-15(8-13(12)22-19(17)24)21-18(20-14)11-5-4-10(6-16(11)27-2)28-29(3,25)26/h4-8,17-18,20-21H,1-3H3,(H,22,24). The second-order valence-corrected chi connectivity index (χ2v) is 8.51. The molecule has 152 valence electrons. The van der Waals surface area contributed by atoms with E-state index in [-0.39, 0.29) is 23.6 Å². The molecule has 2 unspecified atom stereocenters. The average molecular weight is 417 g/mol. The molecule has 0 radical (unpaired) electrons. The van der Waals surface area contributed by atoms with Gasteiger partial charge in [0.15, 0.2) is 0 Å². The van der Waals surface area contributed by atoms with Crippen molar-refractivity contribution in [2.24, 2.45) is 0 Å². The van der Waals surface area contributed by atoms with E-state index in [1.807, 2.05) is 0 Å². The number of rotatable bonds is 5. The number of ether oxygens (including phenoxy) is 1. The van der Waals surface area contributed by atoms with E-state index in [0.717, 1.165) is 23.2 Å². The van der Waals surface area contributed by atoms with Crippen LogP contribution in [0.1, 0.15) is 30.1 Å². The summed E-state index contributed by atoms with van der Waals surface area (Å²) in [7, 11) is -2.17. The number of hydrogen-bond acceptors (Lipinski definition) is 8. The number of anilines is 3. The van der Waals surface area contributed by atoms with Gasteiger partial charge in [-0.2, -0.15) is 8.42 Å². The van der Waals surface area contributed by atoms with Crippen molar-refractivity contribution in [3.05, 3.63) is 41.5 Å². The quantitative estimate of drug-likeness (QED) is 0.500. The summed E-state index contributed by atoms with van der Waals surface area (Å²) in [5.74, 6) is -0.762. The second-order valence-electron chi connectivity index (χ2n) is 6.93. The first-order chi connectivity index (χ1) is 13.7. The molecule has 0 saturated carbocycles. The summed E-state index contributed by atoms with van der Waals surface area (Å²) in [6, 6.07) is 8.30. The lowest BCUT2D eigenvalue weighted by Crippen LogP contribution is -2.18. The van der Waals surface area contributed by atoms with Crippen LogP contribution in [0.2, 0.25) is 0 Å². The molecule has 0 aromatic heterocycles. The Balaban J connectivity index is 1.64. The monoisotopic (exact) mass is 417 g/mol. The fraction of sp³-hybridized carbons (Fsp3) is 0.263. The van der Waals surface area contributed by atoms with E-state index in [0.29, 0.717) is 17.0 Å². The number of benzene rings is 2. The van der Waals surface area contributed by atoms with Crippen molar-refractivity contribution in [2.45, 2.75) is 19.0 Å². The Morgan fingerprint density at radius 3 is 2.34 bits per heavy atom. The van der Waals surface area contributed by atoms with Crippen molar-refractivity contribution in [1.82, 2.24) is 0 Å². The van der Waals surface area contributed by atoms with E-state index in [4.69, 9.17) is 8.92 Å². The average Bonchev–Trinajstić information content (AvgIpc) is 3.16. The SMILES string of the molecule is COc1cc(OS(C)(=O)=O)ccc1C1Nc2cc3c(cc2N1)C(C(C)=O)C(=O)N3. The molecular formula is C19H19N3O6S. The summed E-state index contributed by atoms with van der Waals surface area (Å²) in [4.78, 5) is 23.9. The zero-order chi connectivity index (χ0) is 20.9. The van der Waals surface area contributed by atoms with Crippen LogP contribution in [0.4, 0.5) is 17.1 Å². The molecule has 0 aliphatic carbocycles. The molecule has 3 N–H and O–H groups in total. The van der Waals surface area contributed by atoms with Gasteiger partial charge in [-0.1, -0.05) is 0 Å². The number of hydrogen-bond donors (Lipinski definition) is 3. The summed E-state index contributed by atoms with van der Waals surface area (Å²) in [5.41, 5.74) is 3.48. The third-order valence-corrected chi connectivity index (χ3v) is 5.29. The Morgan fingerprint density at radius 1 is 1.03 bits per heavy atom. The first kappa shape index (κ1) is 19.1. The predicted octanol–water partition coefficient (Wildman–Crippen LogP) is 2.19. The number of carbonyl (C=O) groups excluding carboxylic acids is 2. The van der Waals surface area contributed by atoms with Crippen molar-refractivity contribution < 1.29 is 26.9 Å². The Labute approximate surface area is 167 Å². The van der Waals surface area contributed by atoms with Crippen LogP contribution in [0.5, 0.6) is 11.5 Å². The van der Waals surface area contributed by atoms with Crippen molar-refractivity contribution in [2.75, 3.05) is 29.3 Å². The van der Waals surface area contributed by atoms with Crippen LogP contribution in [-0.4, -0.2) is 33.5 Å². The lowest BCUT2D eigenvalue weighted by molar-refractivity contribution is -0.125. The van der Waals surface area contributed by atoms with Crippen LogP contribution in [0.3, 0.4) is 0 Å². The zero-order valence-corrected chi connectivity index (χ0v) is 16.7. The molecule has 0 spiro atoms. The molecule has 0 saturated heterocycles. The summed E-state index contributed by atoms with van der Waals surface area (Å²) in [5, 5.41) is 9.33. The van der Waals surface area contributed by atoms with Gasteiger partial charge in [0.2, 0.25) is 5.91 Å². The summed E-state index contributed by atoms with van der Waals surface area (Å²) >= 11 is 0. The third kappa shape index (κ3) is 3.46. The number of Topliss-reactive ketones (excluding diaryl/α,β-unsaturated/α-hetero) is 1. The van der Waals surface area contributed by atoms with Gasteiger partial charge in [-0.05, 0) is 36.8 Å². The van der Waals surface area contributed by atoms with E-state index < -0.39 is 16.0 Å². The van der Waals surface area contributed by atoms with Crippen molar-refractivity contribution >= 4 is 38.9 Å². The fourth-order valence-corrected chi connectivity index (χ4v) is 4.06. The van der Waals surface area contributed by atoms with Gasteiger partial charge in [-0.15, -0.1) is 0 Å². The van der Waals surface area contributed by atoms with Crippen molar-refractivity contribution in [3.63, 3.8) is 0 Å². The molecule has 2 atom stereocenters. The van der Waals surface area contributed by atoms with Gasteiger partial charge in [0.05, 0.1) is 24.7 Å². The van der Waals surface area contributed by atoms with E-state index >= 15 is 0 Å². The van der Waals surface area contributed by atoms with Crippen LogP contribution in [0, 0.1) is 0 Å². The Kier molecular flexibility index (Phi) is 4.38. The first-order valence-corrected chi connectivity index (χ1v) is 10.6. The van der Waals surface area contributed by atoms with Gasteiger partial charge >= 0.3 is 10.1 Å². The van der Waals surface area contributed by atoms with E-state index in [1.165, 1.54) is 26.2 Å².